The minimum absolute atomic E-state index is 0.828. The first-order chi connectivity index (χ1) is 5.70. The highest BCUT2D eigenvalue weighted by molar-refractivity contribution is 14.1. The molecule has 0 spiro atoms. The van der Waals surface area contributed by atoms with Gasteiger partial charge in [0.15, 0.2) is 5.65 Å². The van der Waals surface area contributed by atoms with Gasteiger partial charge in [-0.2, -0.15) is 0 Å². The van der Waals surface area contributed by atoms with Crippen molar-refractivity contribution in [2.75, 3.05) is 0 Å². The molecule has 0 aliphatic carbocycles. The predicted molar refractivity (Wildman–Crippen MR) is 64.4 cm³/mol. The fourth-order valence-corrected chi connectivity index (χ4v) is 2.73. The zero-order valence-electron chi connectivity index (χ0n) is 6.25. The summed E-state index contributed by atoms with van der Waals surface area (Å²) in [6.07, 6.45) is 1.78. The molecule has 2 aromatic rings. The Hall–Kier alpha value is 0.0800. The number of hydrogen-bond acceptors (Lipinski definition) is 2. The number of nitrogens with zero attached hydrogens (tertiary/aromatic N) is 3. The Bertz CT molecular complexity index is 435. The molecule has 3 nitrogen and oxygen atoms in total. The van der Waals surface area contributed by atoms with E-state index in [1.165, 1.54) is 3.57 Å². The standard InChI is InChI=1S/C7H5I2N3/c1-4-11-7-6(12(4)9)5(8)2-3-10-7/h2-3H,1H3. The molecule has 0 radical (unpaired) electrons. The summed E-state index contributed by atoms with van der Waals surface area (Å²) in [6.45, 7) is 1.98. The van der Waals surface area contributed by atoms with Gasteiger partial charge in [0, 0.05) is 9.77 Å². The first kappa shape index (κ1) is 8.67. The van der Waals surface area contributed by atoms with Crippen LogP contribution in [-0.4, -0.2) is 12.7 Å². The van der Waals surface area contributed by atoms with Gasteiger partial charge in [0.2, 0.25) is 0 Å². The largest absolute Gasteiger partial charge is 0.265 e. The summed E-state index contributed by atoms with van der Waals surface area (Å²) in [5.74, 6) is 0.988. The van der Waals surface area contributed by atoms with E-state index in [4.69, 9.17) is 0 Å². The fourth-order valence-electron chi connectivity index (χ4n) is 1.04. The number of fused-ring (bicyclic) bond motifs is 1. The van der Waals surface area contributed by atoms with E-state index in [1.807, 2.05) is 15.8 Å². The number of imidazole rings is 1. The van der Waals surface area contributed by atoms with Gasteiger partial charge < -0.3 is 0 Å². The van der Waals surface area contributed by atoms with E-state index in [0.29, 0.717) is 0 Å². The number of aryl methyl sites for hydroxylation is 1. The van der Waals surface area contributed by atoms with E-state index >= 15 is 0 Å². The Kier molecular flexibility index (Phi) is 2.23. The van der Waals surface area contributed by atoms with Crippen LogP contribution >= 0.6 is 45.5 Å². The minimum atomic E-state index is 0.828. The Morgan fingerprint density at radius 1 is 1.50 bits per heavy atom. The Labute approximate surface area is 97.2 Å². The monoisotopic (exact) mass is 385 g/mol. The molecular formula is C7H5I2N3. The average Bonchev–Trinajstić information content (AvgIpc) is 2.29. The van der Waals surface area contributed by atoms with Crippen molar-refractivity contribution < 1.29 is 0 Å². The maximum Gasteiger partial charge on any atom is 0.179 e. The second-order valence-electron chi connectivity index (χ2n) is 2.40. The molecule has 62 valence electrons. The molecule has 2 heterocycles. The number of hydrogen-bond donors (Lipinski definition) is 0. The van der Waals surface area contributed by atoms with Crippen molar-refractivity contribution in [2.24, 2.45) is 0 Å². The summed E-state index contributed by atoms with van der Waals surface area (Å²) in [7, 11) is 0. The highest BCUT2D eigenvalue weighted by atomic mass is 127. The predicted octanol–water partition coefficient (Wildman–Crippen LogP) is 2.54. The lowest BCUT2D eigenvalue weighted by Gasteiger charge is -1.94. The van der Waals surface area contributed by atoms with Crippen LogP contribution in [0.15, 0.2) is 12.3 Å². The van der Waals surface area contributed by atoms with Crippen molar-refractivity contribution in [3.63, 3.8) is 0 Å². The van der Waals surface area contributed by atoms with Crippen LogP contribution in [0.5, 0.6) is 0 Å². The number of pyridine rings is 1. The van der Waals surface area contributed by atoms with Crippen molar-refractivity contribution in [1.82, 2.24) is 12.7 Å². The zero-order chi connectivity index (χ0) is 8.72. The van der Waals surface area contributed by atoms with Crippen LogP contribution in [-0.2, 0) is 0 Å². The Morgan fingerprint density at radius 3 is 2.92 bits per heavy atom. The molecule has 0 saturated carbocycles. The van der Waals surface area contributed by atoms with Crippen LogP contribution in [0.4, 0.5) is 0 Å². The molecule has 0 fully saturated rings. The number of rotatable bonds is 0. The molecule has 0 atom stereocenters. The van der Waals surface area contributed by atoms with Gasteiger partial charge in [0.25, 0.3) is 0 Å². The van der Waals surface area contributed by atoms with Gasteiger partial charge in [-0.3, -0.25) is 2.78 Å². The first-order valence-corrected chi connectivity index (χ1v) is 5.40. The van der Waals surface area contributed by atoms with Gasteiger partial charge in [0.1, 0.15) is 11.3 Å². The molecule has 0 amide bonds. The van der Waals surface area contributed by atoms with Crippen molar-refractivity contribution in [1.29, 1.82) is 0 Å². The second-order valence-corrected chi connectivity index (χ2v) is 4.53. The Balaban J connectivity index is 2.97. The minimum Gasteiger partial charge on any atom is -0.265 e. The van der Waals surface area contributed by atoms with Gasteiger partial charge in [-0.15, -0.1) is 0 Å². The van der Waals surface area contributed by atoms with E-state index in [0.717, 1.165) is 17.0 Å². The summed E-state index contributed by atoms with van der Waals surface area (Å²) in [5.41, 5.74) is 1.94. The van der Waals surface area contributed by atoms with Crippen molar-refractivity contribution in [2.45, 2.75) is 6.92 Å². The molecule has 12 heavy (non-hydrogen) atoms. The fraction of sp³-hybridized carbons (Fsp3) is 0.143. The number of halogens is 2. The van der Waals surface area contributed by atoms with Gasteiger partial charge in [-0.05, 0) is 35.6 Å². The molecule has 5 heteroatoms. The molecule has 2 rings (SSSR count). The third-order valence-corrected chi connectivity index (χ3v) is 3.65. The maximum absolute atomic E-state index is 4.31. The van der Waals surface area contributed by atoms with Gasteiger partial charge in [-0.1, -0.05) is 0 Å². The van der Waals surface area contributed by atoms with E-state index in [-0.39, 0.29) is 0 Å². The maximum atomic E-state index is 4.31. The topological polar surface area (TPSA) is 30.7 Å². The smallest absolute Gasteiger partial charge is 0.179 e. The van der Waals surface area contributed by atoms with Crippen LogP contribution in [0, 0.1) is 10.5 Å². The van der Waals surface area contributed by atoms with Crippen LogP contribution < -0.4 is 0 Å². The molecule has 0 aliphatic rings. The van der Waals surface area contributed by atoms with E-state index in [1.54, 1.807) is 6.20 Å². The molecular weight excluding hydrogens is 380 g/mol. The van der Waals surface area contributed by atoms with Crippen LogP contribution in [0.25, 0.3) is 11.2 Å². The van der Waals surface area contributed by atoms with Gasteiger partial charge in [0.05, 0.1) is 22.9 Å². The summed E-state index contributed by atoms with van der Waals surface area (Å²) < 4.78 is 3.22. The van der Waals surface area contributed by atoms with E-state index < -0.39 is 0 Å². The van der Waals surface area contributed by atoms with Gasteiger partial charge in [-0.25, -0.2) is 9.97 Å². The third-order valence-electron chi connectivity index (χ3n) is 1.60. The molecule has 0 N–H and O–H groups in total. The van der Waals surface area contributed by atoms with Crippen molar-refractivity contribution in [3.8, 4) is 0 Å². The van der Waals surface area contributed by atoms with E-state index in [9.17, 15) is 0 Å². The molecule has 0 unspecified atom stereocenters. The Morgan fingerprint density at radius 2 is 2.25 bits per heavy atom. The quantitative estimate of drug-likeness (QED) is 0.653. The normalized spacial score (nSPS) is 10.9. The molecule has 0 aromatic carbocycles. The summed E-state index contributed by atoms with van der Waals surface area (Å²) in [4.78, 5) is 8.50. The van der Waals surface area contributed by atoms with Crippen molar-refractivity contribution in [3.05, 3.63) is 21.7 Å². The first-order valence-electron chi connectivity index (χ1n) is 3.36. The molecule has 0 bridgehead atoms. The van der Waals surface area contributed by atoms with Crippen LogP contribution in [0.2, 0.25) is 0 Å². The highest BCUT2D eigenvalue weighted by Crippen LogP contribution is 2.21. The van der Waals surface area contributed by atoms with Crippen LogP contribution in [0.3, 0.4) is 0 Å². The van der Waals surface area contributed by atoms with Crippen LogP contribution in [0.1, 0.15) is 5.82 Å². The highest BCUT2D eigenvalue weighted by Gasteiger charge is 2.08. The summed E-state index contributed by atoms with van der Waals surface area (Å²) >= 11 is 4.52. The molecule has 0 aliphatic heterocycles. The lowest BCUT2D eigenvalue weighted by molar-refractivity contribution is 1.14. The zero-order valence-corrected chi connectivity index (χ0v) is 10.6. The lowest BCUT2D eigenvalue weighted by Crippen LogP contribution is -1.84. The van der Waals surface area contributed by atoms with E-state index in [2.05, 4.69) is 55.4 Å². The number of aromatic nitrogens is 3. The molecule has 0 saturated heterocycles. The second kappa shape index (κ2) is 3.09. The lowest BCUT2D eigenvalue weighted by atomic mass is 10.4. The SMILES string of the molecule is Cc1nc2nccc(I)c2n1I. The summed E-state index contributed by atoms with van der Waals surface area (Å²) in [6, 6.07) is 1.99. The third kappa shape index (κ3) is 1.22. The average molecular weight is 385 g/mol. The molecule has 2 aromatic heterocycles. The summed E-state index contributed by atoms with van der Waals surface area (Å²) in [5, 5.41) is 0. The van der Waals surface area contributed by atoms with Gasteiger partial charge >= 0.3 is 0 Å². The van der Waals surface area contributed by atoms with Crippen molar-refractivity contribution >= 4 is 56.6 Å².